The summed E-state index contributed by atoms with van der Waals surface area (Å²) in [6.45, 7) is 8.16. The second-order valence-electron chi connectivity index (χ2n) is 26.3. The molecule has 1 heterocycles. The maximum Gasteiger partial charge on any atom is 0.306 e. The minimum Gasteiger partial charge on any atom is -0.462 e. The number of aliphatic hydroxyl groups excluding tert-OH is 1. The Hall–Kier alpha value is -2.33. The van der Waals surface area contributed by atoms with Gasteiger partial charge in [0.25, 0.3) is 10.1 Å². The lowest BCUT2D eigenvalue weighted by Crippen LogP contribution is -2.62. The average Bonchev–Trinajstić information content (AvgIpc) is 2.68. The SMILES string of the molecule is CCCCCCCCCCCCCCCC(=O)OC[C@H](CO[C@H]1O[C@H](CS(=O)(=O)O)[C@@H](O)[C@H](OC(=O)CCCCCCCCCCCCCCC)[C@H]1OC(=O)CCCCCCCCCCCCCCC)OC(=O)CCCCCCCCCCCCCCC. The Balaban J connectivity index is 3.14. The number of hydrogen-bond donors (Lipinski definition) is 2. The average molecular weight is 1270 g/mol. The van der Waals surface area contributed by atoms with Crippen LogP contribution in [-0.2, 0) is 57.7 Å². The fraction of sp³-hybridized carbons (Fsp3) is 0.945. The lowest BCUT2D eigenvalue weighted by atomic mass is 9.99. The molecule has 0 aliphatic carbocycles. The van der Waals surface area contributed by atoms with E-state index in [1.54, 1.807) is 0 Å². The quantitative estimate of drug-likeness (QED) is 0.0252. The van der Waals surface area contributed by atoms with Crippen molar-refractivity contribution in [3.8, 4) is 0 Å². The molecule has 0 spiro atoms. The molecule has 0 saturated carbocycles. The summed E-state index contributed by atoms with van der Waals surface area (Å²) in [6.07, 6.45) is 50.5. The third-order valence-electron chi connectivity index (χ3n) is 17.6. The Kier molecular flexibility index (Phi) is 57.9. The van der Waals surface area contributed by atoms with Gasteiger partial charge < -0.3 is 33.5 Å². The van der Waals surface area contributed by atoms with Gasteiger partial charge in [-0.3, -0.25) is 23.7 Å². The largest absolute Gasteiger partial charge is 0.462 e. The minimum atomic E-state index is -4.77. The van der Waals surface area contributed by atoms with Crippen molar-refractivity contribution >= 4 is 34.0 Å². The maximum absolute atomic E-state index is 13.8. The number of ether oxygens (including phenoxy) is 6. The standard InChI is InChI=1S/C73H138O14S/c1-5-9-13-17-21-25-29-33-37-41-45-49-53-57-66(74)82-61-64(84-67(75)58-54-50-46-42-38-34-30-26-22-18-14-10-6-2)62-83-73-72(87-69(77)60-56-52-48-44-40-36-32-28-24-20-16-12-8-4)71(70(78)65(85-73)63-88(79,80)81)86-68(76)59-55-51-47-43-39-35-31-27-23-19-15-11-7-3/h64-65,70-73,78H,5-63H2,1-4H3,(H,79,80,81)/t64-,65-,70-,71+,72-,73+/m1/s1. The van der Waals surface area contributed by atoms with Crippen molar-refractivity contribution in [2.75, 3.05) is 19.0 Å². The van der Waals surface area contributed by atoms with Crippen LogP contribution in [0.4, 0.5) is 0 Å². The van der Waals surface area contributed by atoms with Gasteiger partial charge in [0.15, 0.2) is 24.6 Å². The van der Waals surface area contributed by atoms with E-state index in [-0.39, 0.29) is 32.3 Å². The van der Waals surface area contributed by atoms with Crippen LogP contribution < -0.4 is 0 Å². The molecule has 0 unspecified atom stereocenters. The zero-order chi connectivity index (χ0) is 64.2. The van der Waals surface area contributed by atoms with Crippen molar-refractivity contribution in [3.05, 3.63) is 0 Å². The minimum absolute atomic E-state index is 0.0118. The number of carbonyl (C=O) groups excluding carboxylic acids is 4. The summed E-state index contributed by atoms with van der Waals surface area (Å²) in [4.78, 5) is 54.1. The summed E-state index contributed by atoms with van der Waals surface area (Å²) in [7, 11) is -4.77. The molecule has 0 radical (unpaired) electrons. The molecule has 1 fully saturated rings. The summed E-state index contributed by atoms with van der Waals surface area (Å²) >= 11 is 0. The van der Waals surface area contributed by atoms with E-state index in [1.165, 1.54) is 218 Å². The molecule has 15 heteroatoms. The lowest BCUT2D eigenvalue weighted by molar-refractivity contribution is -0.302. The molecule has 14 nitrogen and oxygen atoms in total. The molecule has 0 bridgehead atoms. The van der Waals surface area contributed by atoms with Crippen LogP contribution in [0.3, 0.4) is 0 Å². The van der Waals surface area contributed by atoms with Gasteiger partial charge in [0.05, 0.1) is 6.61 Å². The second-order valence-corrected chi connectivity index (χ2v) is 27.8. The summed E-state index contributed by atoms with van der Waals surface area (Å²) in [5.74, 6) is -3.34. The zero-order valence-corrected chi connectivity index (χ0v) is 58.2. The third-order valence-corrected chi connectivity index (χ3v) is 18.4. The zero-order valence-electron chi connectivity index (χ0n) is 57.4. The third kappa shape index (κ3) is 52.2. The molecular weight excluding hydrogens is 1130 g/mol. The molecule has 0 aromatic heterocycles. The normalized spacial score (nSPS) is 17.3. The fourth-order valence-corrected chi connectivity index (χ4v) is 12.7. The first kappa shape index (κ1) is 83.7. The number of aliphatic hydroxyl groups is 1. The Morgan fingerprint density at radius 2 is 0.625 bits per heavy atom. The summed E-state index contributed by atoms with van der Waals surface area (Å²) in [5, 5.41) is 11.7. The van der Waals surface area contributed by atoms with Crippen LogP contribution in [0.25, 0.3) is 0 Å². The smallest absolute Gasteiger partial charge is 0.306 e. The van der Waals surface area contributed by atoms with E-state index in [9.17, 15) is 37.3 Å². The fourth-order valence-electron chi connectivity index (χ4n) is 12.0. The number of unbranched alkanes of at least 4 members (excludes halogenated alkanes) is 48. The van der Waals surface area contributed by atoms with Gasteiger partial charge in [-0.05, 0) is 25.7 Å². The predicted octanol–water partition coefficient (Wildman–Crippen LogP) is 20.2. The highest BCUT2D eigenvalue weighted by Crippen LogP contribution is 2.30. The molecule has 1 rings (SSSR count). The van der Waals surface area contributed by atoms with E-state index in [0.717, 1.165) is 89.9 Å². The molecule has 0 aromatic rings. The van der Waals surface area contributed by atoms with Crippen LogP contribution in [-0.4, -0.2) is 97.7 Å². The Morgan fingerprint density at radius 1 is 0.364 bits per heavy atom. The molecule has 520 valence electrons. The van der Waals surface area contributed by atoms with Crippen molar-refractivity contribution in [3.63, 3.8) is 0 Å². The van der Waals surface area contributed by atoms with E-state index in [0.29, 0.717) is 25.7 Å². The van der Waals surface area contributed by atoms with Crippen LogP contribution in [0.5, 0.6) is 0 Å². The number of hydrogen-bond acceptors (Lipinski definition) is 13. The van der Waals surface area contributed by atoms with Crippen molar-refractivity contribution in [2.24, 2.45) is 0 Å². The predicted molar refractivity (Wildman–Crippen MR) is 359 cm³/mol. The van der Waals surface area contributed by atoms with Crippen molar-refractivity contribution in [1.29, 1.82) is 0 Å². The maximum atomic E-state index is 13.8. The van der Waals surface area contributed by atoms with E-state index >= 15 is 0 Å². The van der Waals surface area contributed by atoms with Crippen LogP contribution >= 0.6 is 0 Å². The summed E-state index contributed by atoms with van der Waals surface area (Å²) < 4.78 is 70.7. The first-order valence-electron chi connectivity index (χ1n) is 37.5. The number of rotatable bonds is 66. The Bertz CT molecular complexity index is 1710. The molecule has 88 heavy (non-hydrogen) atoms. The Labute approximate surface area is 540 Å². The van der Waals surface area contributed by atoms with Crippen LogP contribution in [0.15, 0.2) is 0 Å². The molecular formula is C73H138O14S. The molecule has 1 saturated heterocycles. The highest BCUT2D eigenvalue weighted by atomic mass is 32.2. The van der Waals surface area contributed by atoms with Crippen LogP contribution in [0.1, 0.15) is 387 Å². The van der Waals surface area contributed by atoms with Crippen LogP contribution in [0.2, 0.25) is 0 Å². The molecule has 0 amide bonds. The van der Waals surface area contributed by atoms with Gasteiger partial charge in [-0.2, -0.15) is 8.42 Å². The van der Waals surface area contributed by atoms with E-state index in [2.05, 4.69) is 27.7 Å². The van der Waals surface area contributed by atoms with Gasteiger partial charge in [-0.15, -0.1) is 0 Å². The molecule has 6 atom stereocenters. The molecule has 2 N–H and O–H groups in total. The highest BCUT2D eigenvalue weighted by Gasteiger charge is 2.51. The highest BCUT2D eigenvalue weighted by molar-refractivity contribution is 7.85. The molecule has 1 aliphatic rings. The second kappa shape index (κ2) is 60.9. The molecule has 1 aliphatic heterocycles. The summed E-state index contributed by atoms with van der Waals surface area (Å²) in [6, 6.07) is 0. The topological polar surface area (TPSA) is 198 Å². The van der Waals surface area contributed by atoms with Gasteiger partial charge in [0, 0.05) is 25.7 Å². The first-order chi connectivity index (χ1) is 42.8. The van der Waals surface area contributed by atoms with Gasteiger partial charge in [-0.25, -0.2) is 0 Å². The van der Waals surface area contributed by atoms with Gasteiger partial charge in [-0.1, -0.05) is 336 Å². The van der Waals surface area contributed by atoms with Gasteiger partial charge in [0.1, 0.15) is 24.6 Å². The van der Waals surface area contributed by atoms with E-state index < -0.39 is 83.2 Å². The molecule has 0 aromatic carbocycles. The lowest BCUT2D eigenvalue weighted by Gasteiger charge is -2.43. The van der Waals surface area contributed by atoms with Gasteiger partial charge >= 0.3 is 23.9 Å². The number of carbonyl (C=O) groups is 4. The van der Waals surface area contributed by atoms with Crippen molar-refractivity contribution < 1.29 is 65.7 Å². The van der Waals surface area contributed by atoms with Crippen molar-refractivity contribution in [2.45, 2.75) is 424 Å². The van der Waals surface area contributed by atoms with E-state index in [1.807, 2.05) is 0 Å². The van der Waals surface area contributed by atoms with E-state index in [4.69, 9.17) is 28.4 Å². The van der Waals surface area contributed by atoms with Crippen molar-refractivity contribution in [1.82, 2.24) is 0 Å². The van der Waals surface area contributed by atoms with Gasteiger partial charge in [0.2, 0.25) is 0 Å². The monoisotopic (exact) mass is 1270 g/mol. The summed E-state index contributed by atoms with van der Waals surface area (Å²) in [5.41, 5.74) is 0. The van der Waals surface area contributed by atoms with Crippen LogP contribution in [0, 0.1) is 0 Å². The first-order valence-corrected chi connectivity index (χ1v) is 39.1. The Morgan fingerprint density at radius 3 is 0.920 bits per heavy atom. The number of esters is 4.